The normalized spacial score (nSPS) is 19.0. The number of ether oxygens (including phenoxy) is 3. The molecule has 7 heteroatoms. The molecule has 25 heavy (non-hydrogen) atoms. The number of β-lactam (4-membered cyclic amide) rings is 1. The lowest BCUT2D eigenvalue weighted by atomic mass is 9.85. The molecule has 0 bridgehead atoms. The molecule has 0 aliphatic carbocycles. The maximum absolute atomic E-state index is 11.6. The highest BCUT2D eigenvalue weighted by Gasteiger charge is 2.37. The van der Waals surface area contributed by atoms with Crippen molar-refractivity contribution in [1.82, 2.24) is 5.32 Å². The molecule has 1 aliphatic heterocycles. The standard InChI is InChI=1S/C18H21NO6/c1-23-16(20)9-5-8-15-14(18(22)19-15)10-11-24-17(21)12-25-13-6-3-2-4-7-13/h2-7,9,14-15H,8,10-12H2,1H3,(H,19,22)/b9-5+. The molecule has 0 aromatic heterocycles. The number of nitrogens with one attached hydrogen (secondary N) is 1. The van der Waals surface area contributed by atoms with Gasteiger partial charge in [-0.15, -0.1) is 0 Å². The van der Waals surface area contributed by atoms with Crippen LogP contribution in [0.25, 0.3) is 0 Å². The third-order valence-corrected chi connectivity index (χ3v) is 3.79. The molecule has 2 atom stereocenters. The van der Waals surface area contributed by atoms with Crippen molar-refractivity contribution in [2.75, 3.05) is 20.3 Å². The van der Waals surface area contributed by atoms with Crippen molar-refractivity contribution in [1.29, 1.82) is 0 Å². The summed E-state index contributed by atoms with van der Waals surface area (Å²) < 4.78 is 14.9. The summed E-state index contributed by atoms with van der Waals surface area (Å²) in [7, 11) is 1.30. The monoisotopic (exact) mass is 347 g/mol. The van der Waals surface area contributed by atoms with E-state index in [9.17, 15) is 14.4 Å². The highest BCUT2D eigenvalue weighted by atomic mass is 16.6. The van der Waals surface area contributed by atoms with E-state index in [-0.39, 0.29) is 31.1 Å². The minimum Gasteiger partial charge on any atom is -0.482 e. The van der Waals surface area contributed by atoms with Crippen LogP contribution in [0.1, 0.15) is 12.8 Å². The fraction of sp³-hybridized carbons (Fsp3) is 0.389. The molecule has 1 heterocycles. The van der Waals surface area contributed by atoms with E-state index < -0.39 is 11.9 Å². The second-order valence-electron chi connectivity index (χ2n) is 5.49. The van der Waals surface area contributed by atoms with Gasteiger partial charge in [0.25, 0.3) is 0 Å². The second-order valence-corrected chi connectivity index (χ2v) is 5.49. The Morgan fingerprint density at radius 3 is 2.68 bits per heavy atom. The van der Waals surface area contributed by atoms with Crippen molar-refractivity contribution in [3.63, 3.8) is 0 Å². The van der Waals surface area contributed by atoms with E-state index in [2.05, 4.69) is 10.1 Å². The Morgan fingerprint density at radius 2 is 2.00 bits per heavy atom. The van der Waals surface area contributed by atoms with E-state index in [1.807, 2.05) is 18.2 Å². The molecule has 1 N–H and O–H groups in total. The third kappa shape index (κ3) is 5.95. The van der Waals surface area contributed by atoms with Crippen molar-refractivity contribution in [2.45, 2.75) is 18.9 Å². The van der Waals surface area contributed by atoms with Gasteiger partial charge in [0.15, 0.2) is 6.61 Å². The number of carbonyl (C=O) groups is 3. The van der Waals surface area contributed by atoms with Gasteiger partial charge in [-0.2, -0.15) is 0 Å². The molecule has 1 fully saturated rings. The second kappa shape index (κ2) is 9.46. The van der Waals surface area contributed by atoms with Gasteiger partial charge in [0.2, 0.25) is 5.91 Å². The molecule has 2 rings (SSSR count). The first-order valence-corrected chi connectivity index (χ1v) is 7.98. The summed E-state index contributed by atoms with van der Waals surface area (Å²) in [6.45, 7) is -0.0293. The molecular weight excluding hydrogens is 326 g/mol. The number of carbonyl (C=O) groups excluding carboxylic acids is 3. The quantitative estimate of drug-likeness (QED) is 0.410. The molecule has 1 amide bonds. The lowest BCUT2D eigenvalue weighted by Crippen LogP contribution is -2.58. The SMILES string of the molecule is COC(=O)/C=C/CC1NC(=O)C1CCOC(=O)COc1ccccc1. The van der Waals surface area contributed by atoms with E-state index in [0.29, 0.717) is 18.6 Å². The van der Waals surface area contributed by atoms with Crippen molar-refractivity contribution in [2.24, 2.45) is 5.92 Å². The Hall–Kier alpha value is -2.83. The molecule has 1 saturated heterocycles. The van der Waals surface area contributed by atoms with Crippen LogP contribution in [0.5, 0.6) is 5.75 Å². The number of esters is 2. The zero-order chi connectivity index (χ0) is 18.1. The molecule has 134 valence electrons. The highest BCUT2D eigenvalue weighted by molar-refractivity contribution is 5.86. The molecule has 1 aromatic carbocycles. The van der Waals surface area contributed by atoms with Crippen LogP contribution < -0.4 is 10.1 Å². The summed E-state index contributed by atoms with van der Waals surface area (Å²) >= 11 is 0. The van der Waals surface area contributed by atoms with Crippen LogP contribution in [0.15, 0.2) is 42.5 Å². The topological polar surface area (TPSA) is 90.9 Å². The van der Waals surface area contributed by atoms with Gasteiger partial charge in [0.1, 0.15) is 5.75 Å². The van der Waals surface area contributed by atoms with E-state index >= 15 is 0 Å². The predicted molar refractivity (Wildman–Crippen MR) is 88.7 cm³/mol. The van der Waals surface area contributed by atoms with Gasteiger partial charge in [-0.1, -0.05) is 24.3 Å². The first kappa shape index (κ1) is 18.5. The Bertz CT molecular complexity index is 628. The fourth-order valence-corrected chi connectivity index (χ4v) is 2.41. The number of amides is 1. The molecular formula is C18H21NO6. The summed E-state index contributed by atoms with van der Waals surface area (Å²) in [5, 5.41) is 2.76. The molecule has 7 nitrogen and oxygen atoms in total. The van der Waals surface area contributed by atoms with Crippen molar-refractivity contribution >= 4 is 17.8 Å². The van der Waals surface area contributed by atoms with E-state index in [0.717, 1.165) is 0 Å². The van der Waals surface area contributed by atoms with Crippen molar-refractivity contribution in [3.8, 4) is 5.75 Å². The van der Waals surface area contributed by atoms with E-state index in [1.165, 1.54) is 13.2 Å². The Balaban J connectivity index is 1.64. The number of methoxy groups -OCH3 is 1. The van der Waals surface area contributed by atoms with Gasteiger partial charge in [-0.3, -0.25) is 4.79 Å². The summed E-state index contributed by atoms with van der Waals surface area (Å²) in [6.07, 6.45) is 3.93. The Kier molecular flexibility index (Phi) is 7.00. The minimum atomic E-state index is -0.481. The zero-order valence-corrected chi connectivity index (χ0v) is 14.0. The largest absolute Gasteiger partial charge is 0.482 e. The average Bonchev–Trinajstić information content (AvgIpc) is 2.63. The molecule has 0 spiro atoms. The lowest BCUT2D eigenvalue weighted by molar-refractivity contribution is -0.148. The maximum atomic E-state index is 11.6. The van der Waals surface area contributed by atoms with Gasteiger partial charge in [-0.25, -0.2) is 9.59 Å². The van der Waals surface area contributed by atoms with Crippen LogP contribution in [0.2, 0.25) is 0 Å². The number of para-hydroxylation sites is 1. The van der Waals surface area contributed by atoms with Crippen molar-refractivity contribution < 1.29 is 28.6 Å². The van der Waals surface area contributed by atoms with Crippen molar-refractivity contribution in [3.05, 3.63) is 42.5 Å². The summed E-state index contributed by atoms with van der Waals surface area (Å²) in [4.78, 5) is 34.2. The van der Waals surface area contributed by atoms with Gasteiger partial charge >= 0.3 is 11.9 Å². The Morgan fingerprint density at radius 1 is 1.24 bits per heavy atom. The van der Waals surface area contributed by atoms with Crippen LogP contribution in [-0.4, -0.2) is 44.2 Å². The number of hydrogen-bond acceptors (Lipinski definition) is 6. The van der Waals surface area contributed by atoms with Gasteiger partial charge in [0.05, 0.1) is 19.6 Å². The Labute approximate surface area is 145 Å². The third-order valence-electron chi connectivity index (χ3n) is 3.79. The van der Waals surface area contributed by atoms with Gasteiger partial charge in [0, 0.05) is 12.1 Å². The van der Waals surface area contributed by atoms with Gasteiger partial charge in [-0.05, 0) is 25.0 Å². The molecule has 0 saturated carbocycles. The van der Waals surface area contributed by atoms with Crippen LogP contribution in [-0.2, 0) is 23.9 Å². The van der Waals surface area contributed by atoms with E-state index in [4.69, 9.17) is 9.47 Å². The number of hydrogen-bond donors (Lipinski definition) is 1. The van der Waals surface area contributed by atoms with Crippen LogP contribution in [0, 0.1) is 5.92 Å². The lowest BCUT2D eigenvalue weighted by Gasteiger charge is -2.36. The van der Waals surface area contributed by atoms with Gasteiger partial charge < -0.3 is 19.5 Å². The summed E-state index contributed by atoms with van der Waals surface area (Å²) in [5.41, 5.74) is 0. The molecule has 1 aromatic rings. The first-order valence-electron chi connectivity index (χ1n) is 7.98. The minimum absolute atomic E-state index is 0.0623. The predicted octanol–water partition coefficient (Wildman–Crippen LogP) is 1.23. The molecule has 1 aliphatic rings. The maximum Gasteiger partial charge on any atom is 0.344 e. The molecule has 0 radical (unpaired) electrons. The smallest absolute Gasteiger partial charge is 0.344 e. The molecule has 2 unspecified atom stereocenters. The van der Waals surface area contributed by atoms with Crippen LogP contribution in [0.4, 0.5) is 0 Å². The summed E-state index contributed by atoms with van der Waals surface area (Å²) in [6, 6.07) is 8.91. The average molecular weight is 347 g/mol. The van der Waals surface area contributed by atoms with Crippen LogP contribution in [0.3, 0.4) is 0 Å². The fourth-order valence-electron chi connectivity index (χ4n) is 2.41. The summed E-state index contributed by atoms with van der Waals surface area (Å²) in [5.74, 6) is -0.631. The van der Waals surface area contributed by atoms with Crippen LogP contribution >= 0.6 is 0 Å². The zero-order valence-electron chi connectivity index (χ0n) is 14.0. The number of rotatable bonds is 9. The highest BCUT2D eigenvalue weighted by Crippen LogP contribution is 2.22. The number of benzene rings is 1. The first-order chi connectivity index (χ1) is 12.1. The van der Waals surface area contributed by atoms with E-state index in [1.54, 1.807) is 18.2 Å².